The number of hydrogen-bond acceptors (Lipinski definition) is 3. The normalized spacial score (nSPS) is 12.7. The highest BCUT2D eigenvalue weighted by atomic mass is 32.1. The SMILES string of the molecule is CCC(CC)C(c1ccc2nc(-c3ccccc3)sc2c1)n1ccnc1. The lowest BCUT2D eigenvalue weighted by atomic mass is 9.88. The predicted octanol–water partition coefficient (Wildman–Crippen LogP) is 6.19. The first-order chi connectivity index (χ1) is 12.8. The summed E-state index contributed by atoms with van der Waals surface area (Å²) in [6.07, 6.45) is 8.18. The van der Waals surface area contributed by atoms with Crippen molar-refractivity contribution in [2.24, 2.45) is 5.92 Å². The summed E-state index contributed by atoms with van der Waals surface area (Å²) in [5.74, 6) is 0.586. The Morgan fingerprint density at radius 1 is 1.04 bits per heavy atom. The van der Waals surface area contributed by atoms with Crippen molar-refractivity contribution in [2.45, 2.75) is 32.7 Å². The molecule has 0 fully saturated rings. The van der Waals surface area contributed by atoms with E-state index in [1.54, 1.807) is 11.3 Å². The molecule has 26 heavy (non-hydrogen) atoms. The lowest BCUT2D eigenvalue weighted by Gasteiger charge is -2.27. The summed E-state index contributed by atoms with van der Waals surface area (Å²) < 4.78 is 3.50. The van der Waals surface area contributed by atoms with Crippen molar-refractivity contribution in [1.82, 2.24) is 14.5 Å². The summed E-state index contributed by atoms with van der Waals surface area (Å²) in [5, 5.41) is 1.08. The molecule has 0 N–H and O–H groups in total. The van der Waals surface area contributed by atoms with Gasteiger partial charge in [0.05, 0.1) is 22.6 Å². The number of imidazole rings is 1. The molecule has 3 nitrogen and oxygen atoms in total. The standard InChI is InChI=1S/C22H23N3S/c1-3-16(4-2)21(25-13-12-23-15-25)18-10-11-19-20(14-18)26-22(24-19)17-8-6-5-7-9-17/h5-16,21H,3-4H2,1-2H3. The van der Waals surface area contributed by atoms with Crippen LogP contribution >= 0.6 is 11.3 Å². The van der Waals surface area contributed by atoms with E-state index in [4.69, 9.17) is 4.98 Å². The number of rotatable bonds is 6. The van der Waals surface area contributed by atoms with E-state index in [0.29, 0.717) is 12.0 Å². The maximum Gasteiger partial charge on any atom is 0.124 e. The van der Waals surface area contributed by atoms with Gasteiger partial charge in [-0.25, -0.2) is 9.97 Å². The van der Waals surface area contributed by atoms with Crippen molar-refractivity contribution >= 4 is 21.6 Å². The van der Waals surface area contributed by atoms with Crippen molar-refractivity contribution in [1.29, 1.82) is 0 Å². The van der Waals surface area contributed by atoms with E-state index in [-0.39, 0.29) is 0 Å². The zero-order chi connectivity index (χ0) is 17.9. The second-order valence-electron chi connectivity index (χ2n) is 6.64. The second-order valence-corrected chi connectivity index (χ2v) is 7.67. The molecule has 4 rings (SSSR count). The monoisotopic (exact) mass is 361 g/mol. The molecule has 0 bridgehead atoms. The van der Waals surface area contributed by atoms with Crippen LogP contribution in [0.4, 0.5) is 0 Å². The summed E-state index contributed by atoms with van der Waals surface area (Å²) >= 11 is 1.77. The maximum absolute atomic E-state index is 4.83. The Hall–Kier alpha value is -2.46. The van der Waals surface area contributed by atoms with Gasteiger partial charge in [-0.1, -0.05) is 63.1 Å². The third kappa shape index (κ3) is 3.17. The molecule has 0 saturated carbocycles. The largest absolute Gasteiger partial charge is 0.330 e. The number of aromatic nitrogens is 3. The Kier molecular flexibility index (Phi) is 4.85. The van der Waals surface area contributed by atoms with Gasteiger partial charge in [0, 0.05) is 18.0 Å². The van der Waals surface area contributed by atoms with Crippen LogP contribution in [-0.2, 0) is 0 Å². The van der Waals surface area contributed by atoms with Crippen LogP contribution in [-0.4, -0.2) is 14.5 Å². The number of nitrogens with zero attached hydrogens (tertiary/aromatic N) is 3. The first kappa shape index (κ1) is 17.0. The van der Waals surface area contributed by atoms with Crippen LogP contribution in [0.5, 0.6) is 0 Å². The minimum absolute atomic E-state index is 0.319. The molecule has 1 unspecified atom stereocenters. The van der Waals surface area contributed by atoms with E-state index in [1.807, 2.05) is 18.6 Å². The molecular weight excluding hydrogens is 338 g/mol. The van der Waals surface area contributed by atoms with Gasteiger partial charge in [-0.2, -0.15) is 0 Å². The van der Waals surface area contributed by atoms with Crippen LogP contribution in [0.25, 0.3) is 20.8 Å². The summed E-state index contributed by atoms with van der Waals surface area (Å²) in [6, 6.07) is 17.5. The minimum atomic E-state index is 0.319. The van der Waals surface area contributed by atoms with Crippen molar-refractivity contribution in [3.05, 3.63) is 72.8 Å². The molecule has 0 aliphatic rings. The highest BCUT2D eigenvalue weighted by Gasteiger charge is 2.22. The molecule has 0 aliphatic heterocycles. The zero-order valence-corrected chi connectivity index (χ0v) is 16.0. The number of hydrogen-bond donors (Lipinski definition) is 0. The summed E-state index contributed by atoms with van der Waals surface area (Å²) in [6.45, 7) is 4.55. The van der Waals surface area contributed by atoms with E-state index < -0.39 is 0 Å². The molecule has 0 amide bonds. The Morgan fingerprint density at radius 3 is 2.54 bits per heavy atom. The predicted molar refractivity (Wildman–Crippen MR) is 109 cm³/mol. The van der Waals surface area contributed by atoms with Crippen LogP contribution in [0.2, 0.25) is 0 Å². The Balaban J connectivity index is 1.78. The highest BCUT2D eigenvalue weighted by molar-refractivity contribution is 7.21. The molecule has 0 spiro atoms. The molecule has 2 aromatic carbocycles. The van der Waals surface area contributed by atoms with Gasteiger partial charge in [-0.3, -0.25) is 0 Å². The molecule has 4 aromatic rings. The van der Waals surface area contributed by atoms with E-state index in [0.717, 1.165) is 23.4 Å². The molecule has 132 valence electrons. The van der Waals surface area contributed by atoms with Crippen LogP contribution in [0.1, 0.15) is 38.3 Å². The quantitative estimate of drug-likeness (QED) is 0.410. The molecular formula is C22H23N3S. The molecule has 4 heteroatoms. The van der Waals surface area contributed by atoms with Crippen molar-refractivity contribution in [3.8, 4) is 10.6 Å². The van der Waals surface area contributed by atoms with Gasteiger partial charge in [0.2, 0.25) is 0 Å². The van der Waals surface area contributed by atoms with E-state index in [9.17, 15) is 0 Å². The van der Waals surface area contributed by atoms with Gasteiger partial charge < -0.3 is 4.57 Å². The molecule has 0 aliphatic carbocycles. The Bertz CT molecular complexity index is 969. The average molecular weight is 362 g/mol. The Morgan fingerprint density at radius 2 is 1.85 bits per heavy atom. The third-order valence-electron chi connectivity index (χ3n) is 5.12. The second kappa shape index (κ2) is 7.42. The molecule has 0 radical (unpaired) electrons. The summed E-state index contributed by atoms with van der Waals surface area (Å²) in [7, 11) is 0. The van der Waals surface area contributed by atoms with E-state index in [1.165, 1.54) is 15.8 Å². The van der Waals surface area contributed by atoms with Crippen molar-refractivity contribution < 1.29 is 0 Å². The lowest BCUT2D eigenvalue weighted by Crippen LogP contribution is -2.18. The number of fused-ring (bicyclic) bond motifs is 1. The van der Waals surface area contributed by atoms with E-state index in [2.05, 4.69) is 72.1 Å². The molecule has 1 atom stereocenters. The van der Waals surface area contributed by atoms with Gasteiger partial charge in [-0.05, 0) is 23.6 Å². The van der Waals surface area contributed by atoms with Gasteiger partial charge in [0.15, 0.2) is 0 Å². The average Bonchev–Trinajstić information content (AvgIpc) is 3.36. The van der Waals surface area contributed by atoms with Crippen LogP contribution in [0.3, 0.4) is 0 Å². The highest BCUT2D eigenvalue weighted by Crippen LogP contribution is 2.36. The first-order valence-electron chi connectivity index (χ1n) is 9.23. The minimum Gasteiger partial charge on any atom is -0.330 e. The fourth-order valence-electron chi connectivity index (χ4n) is 3.69. The van der Waals surface area contributed by atoms with Gasteiger partial charge >= 0.3 is 0 Å². The number of thiazole rings is 1. The topological polar surface area (TPSA) is 30.7 Å². The molecule has 2 aromatic heterocycles. The van der Waals surface area contributed by atoms with Gasteiger partial charge in [0.1, 0.15) is 5.01 Å². The lowest BCUT2D eigenvalue weighted by molar-refractivity contribution is 0.355. The first-order valence-corrected chi connectivity index (χ1v) is 10.0. The molecule has 0 saturated heterocycles. The molecule has 2 heterocycles. The van der Waals surface area contributed by atoms with Crippen LogP contribution in [0.15, 0.2) is 67.3 Å². The number of benzene rings is 2. The third-order valence-corrected chi connectivity index (χ3v) is 6.18. The summed E-state index contributed by atoms with van der Waals surface area (Å²) in [4.78, 5) is 9.11. The zero-order valence-electron chi connectivity index (χ0n) is 15.2. The van der Waals surface area contributed by atoms with Crippen molar-refractivity contribution in [3.63, 3.8) is 0 Å². The fraction of sp³-hybridized carbons (Fsp3) is 0.273. The van der Waals surface area contributed by atoms with E-state index >= 15 is 0 Å². The Labute approximate surface area is 158 Å². The van der Waals surface area contributed by atoms with Crippen molar-refractivity contribution in [2.75, 3.05) is 0 Å². The maximum atomic E-state index is 4.83. The smallest absolute Gasteiger partial charge is 0.124 e. The fourth-order valence-corrected chi connectivity index (χ4v) is 4.71. The van der Waals surface area contributed by atoms with Crippen LogP contribution in [0, 0.1) is 5.92 Å². The van der Waals surface area contributed by atoms with Crippen LogP contribution < -0.4 is 0 Å². The summed E-state index contributed by atoms with van der Waals surface area (Å²) in [5.41, 5.74) is 3.60. The van der Waals surface area contributed by atoms with Gasteiger partial charge in [-0.15, -0.1) is 11.3 Å². The van der Waals surface area contributed by atoms with Gasteiger partial charge in [0.25, 0.3) is 0 Å².